The van der Waals surface area contributed by atoms with Crippen LogP contribution in [-0.4, -0.2) is 42.3 Å². The maximum Gasteiger partial charge on any atom is 0.319 e. The van der Waals surface area contributed by atoms with Crippen molar-refractivity contribution in [3.63, 3.8) is 0 Å². The third-order valence-corrected chi connectivity index (χ3v) is 4.86. The van der Waals surface area contributed by atoms with Crippen molar-refractivity contribution in [1.82, 2.24) is 10.3 Å². The summed E-state index contributed by atoms with van der Waals surface area (Å²) in [7, 11) is 0. The molecular formula is C25H28FN3O3. The molecule has 3 aromatic rings. The van der Waals surface area contributed by atoms with Crippen LogP contribution in [0.25, 0.3) is 11.3 Å². The predicted molar refractivity (Wildman–Crippen MR) is 123 cm³/mol. The normalized spacial score (nSPS) is 11.7. The predicted octanol–water partition coefficient (Wildman–Crippen LogP) is 3.73. The molecule has 1 aromatic heterocycles. The maximum atomic E-state index is 13.4. The molecule has 0 amide bonds. The second-order valence-electron chi connectivity index (χ2n) is 7.26. The van der Waals surface area contributed by atoms with Gasteiger partial charge in [0.15, 0.2) is 0 Å². The Morgan fingerprint density at radius 1 is 1.12 bits per heavy atom. The molecule has 0 spiro atoms. The summed E-state index contributed by atoms with van der Waals surface area (Å²) < 4.78 is 18.3. The average molecular weight is 438 g/mol. The number of hydrogen-bond donors (Lipinski definition) is 3. The number of ether oxygens (including phenoxy) is 1. The van der Waals surface area contributed by atoms with Gasteiger partial charge in [0.05, 0.1) is 24.9 Å². The maximum absolute atomic E-state index is 13.4. The van der Waals surface area contributed by atoms with E-state index in [4.69, 9.17) is 9.72 Å². The zero-order valence-electron chi connectivity index (χ0n) is 18.1. The van der Waals surface area contributed by atoms with Crippen LogP contribution in [0.4, 0.5) is 10.2 Å². The van der Waals surface area contributed by atoms with Gasteiger partial charge in [0, 0.05) is 24.2 Å². The van der Waals surface area contributed by atoms with E-state index in [0.29, 0.717) is 31.0 Å². The summed E-state index contributed by atoms with van der Waals surface area (Å²) in [4.78, 5) is 16.2. The third-order valence-electron chi connectivity index (χ3n) is 4.86. The summed E-state index contributed by atoms with van der Waals surface area (Å²) in [6.07, 6.45) is -0.274. The van der Waals surface area contributed by atoms with E-state index in [9.17, 15) is 14.3 Å². The van der Waals surface area contributed by atoms with Crippen LogP contribution in [0, 0.1) is 5.82 Å². The number of rotatable bonds is 11. The molecule has 0 fully saturated rings. The summed E-state index contributed by atoms with van der Waals surface area (Å²) in [5.41, 5.74) is 3.21. The Balaban J connectivity index is 1.73. The Hall–Kier alpha value is -3.29. The Morgan fingerprint density at radius 2 is 1.94 bits per heavy atom. The molecule has 2 aromatic carbocycles. The molecule has 0 radical (unpaired) electrons. The first-order chi connectivity index (χ1) is 15.6. The summed E-state index contributed by atoms with van der Waals surface area (Å²) in [6.45, 7) is 2.76. The number of aromatic nitrogens is 1. The lowest BCUT2D eigenvalue weighted by atomic mass is 10.1. The molecule has 6 nitrogen and oxygen atoms in total. The van der Waals surface area contributed by atoms with E-state index in [1.807, 2.05) is 48.5 Å². The van der Waals surface area contributed by atoms with Gasteiger partial charge < -0.3 is 20.5 Å². The SMILES string of the molecule is CCOC(=O)CNCC(O)c1ccc(-c2ccccc2)nc1NCCc1cccc(F)c1. The van der Waals surface area contributed by atoms with Crippen LogP contribution >= 0.6 is 0 Å². The van der Waals surface area contributed by atoms with Gasteiger partial charge in [-0.3, -0.25) is 4.79 Å². The topological polar surface area (TPSA) is 83.5 Å². The number of nitrogens with one attached hydrogen (secondary N) is 2. The molecule has 168 valence electrons. The number of aliphatic hydroxyl groups excluding tert-OH is 1. The highest BCUT2D eigenvalue weighted by molar-refractivity contribution is 5.71. The number of nitrogens with zero attached hydrogens (tertiary/aromatic N) is 1. The largest absolute Gasteiger partial charge is 0.465 e. The lowest BCUT2D eigenvalue weighted by Gasteiger charge is -2.18. The number of hydrogen-bond acceptors (Lipinski definition) is 6. The fraction of sp³-hybridized carbons (Fsp3) is 0.280. The van der Waals surface area contributed by atoms with Gasteiger partial charge in [-0.2, -0.15) is 0 Å². The van der Waals surface area contributed by atoms with Crippen LogP contribution in [0.3, 0.4) is 0 Å². The van der Waals surface area contributed by atoms with Crippen LogP contribution in [0.5, 0.6) is 0 Å². The standard InChI is InChI=1S/C25H28FN3O3/c1-2-32-24(31)17-27-16-23(30)21-11-12-22(19-8-4-3-5-9-19)29-25(21)28-14-13-18-7-6-10-20(26)15-18/h3-12,15,23,27,30H,2,13-14,16-17H2,1H3,(H,28,29). The van der Waals surface area contributed by atoms with Crippen molar-refractivity contribution in [3.8, 4) is 11.3 Å². The molecule has 3 rings (SSSR count). The fourth-order valence-electron chi connectivity index (χ4n) is 3.30. The van der Waals surface area contributed by atoms with Gasteiger partial charge in [0.25, 0.3) is 0 Å². The Morgan fingerprint density at radius 3 is 2.69 bits per heavy atom. The molecule has 0 saturated carbocycles. The van der Waals surface area contributed by atoms with E-state index in [1.165, 1.54) is 12.1 Å². The quantitative estimate of drug-likeness (QED) is 0.397. The Labute approximate surface area is 187 Å². The first kappa shape index (κ1) is 23.4. The van der Waals surface area contributed by atoms with Crippen molar-refractivity contribution in [2.45, 2.75) is 19.4 Å². The number of halogens is 1. The minimum absolute atomic E-state index is 0.0166. The number of aliphatic hydroxyl groups is 1. The molecule has 0 aliphatic carbocycles. The minimum atomic E-state index is -0.876. The van der Waals surface area contributed by atoms with Crippen LogP contribution < -0.4 is 10.6 Å². The van der Waals surface area contributed by atoms with Crippen molar-refractivity contribution >= 4 is 11.8 Å². The van der Waals surface area contributed by atoms with Gasteiger partial charge in [0.1, 0.15) is 11.6 Å². The second-order valence-corrected chi connectivity index (χ2v) is 7.26. The van der Waals surface area contributed by atoms with Crippen LogP contribution in [0.15, 0.2) is 66.7 Å². The monoisotopic (exact) mass is 437 g/mol. The number of pyridine rings is 1. The molecule has 1 unspecified atom stereocenters. The van der Waals surface area contributed by atoms with Crippen LogP contribution in [0.1, 0.15) is 24.2 Å². The lowest BCUT2D eigenvalue weighted by Crippen LogP contribution is -2.29. The second kappa shape index (κ2) is 11.9. The van der Waals surface area contributed by atoms with Gasteiger partial charge >= 0.3 is 5.97 Å². The number of benzene rings is 2. The van der Waals surface area contributed by atoms with Crippen molar-refractivity contribution in [3.05, 3.63) is 83.7 Å². The minimum Gasteiger partial charge on any atom is -0.465 e. The van der Waals surface area contributed by atoms with E-state index >= 15 is 0 Å². The molecule has 1 heterocycles. The van der Waals surface area contributed by atoms with Crippen molar-refractivity contribution in [1.29, 1.82) is 0 Å². The van der Waals surface area contributed by atoms with E-state index < -0.39 is 6.10 Å². The van der Waals surface area contributed by atoms with Crippen LogP contribution in [-0.2, 0) is 16.0 Å². The highest BCUT2D eigenvalue weighted by Crippen LogP contribution is 2.26. The first-order valence-corrected chi connectivity index (χ1v) is 10.7. The molecule has 0 aliphatic heterocycles. The molecule has 0 saturated heterocycles. The summed E-state index contributed by atoms with van der Waals surface area (Å²) in [5, 5.41) is 16.9. The van der Waals surface area contributed by atoms with E-state index in [0.717, 1.165) is 16.8 Å². The zero-order chi connectivity index (χ0) is 22.8. The molecule has 0 bridgehead atoms. The summed E-state index contributed by atoms with van der Waals surface area (Å²) in [6, 6.07) is 19.9. The van der Waals surface area contributed by atoms with Gasteiger partial charge in [-0.25, -0.2) is 9.37 Å². The Kier molecular flexibility index (Phi) is 8.71. The van der Waals surface area contributed by atoms with Crippen molar-refractivity contribution in [2.75, 3.05) is 31.6 Å². The molecular weight excluding hydrogens is 409 g/mol. The van der Waals surface area contributed by atoms with E-state index in [1.54, 1.807) is 13.0 Å². The zero-order valence-corrected chi connectivity index (χ0v) is 18.1. The van der Waals surface area contributed by atoms with Gasteiger partial charge in [-0.05, 0) is 37.1 Å². The average Bonchev–Trinajstić information content (AvgIpc) is 2.80. The fourth-order valence-corrected chi connectivity index (χ4v) is 3.30. The third kappa shape index (κ3) is 6.87. The number of carbonyl (C=O) groups is 1. The Bertz CT molecular complexity index is 1010. The van der Waals surface area contributed by atoms with E-state index in [-0.39, 0.29) is 24.9 Å². The molecule has 32 heavy (non-hydrogen) atoms. The smallest absolute Gasteiger partial charge is 0.319 e. The van der Waals surface area contributed by atoms with Crippen LogP contribution in [0.2, 0.25) is 0 Å². The van der Waals surface area contributed by atoms with Crippen molar-refractivity contribution in [2.24, 2.45) is 0 Å². The number of anilines is 1. The first-order valence-electron chi connectivity index (χ1n) is 10.7. The highest BCUT2D eigenvalue weighted by atomic mass is 19.1. The number of esters is 1. The summed E-state index contributed by atoms with van der Waals surface area (Å²) >= 11 is 0. The molecule has 0 aliphatic rings. The lowest BCUT2D eigenvalue weighted by molar-refractivity contribution is -0.142. The molecule has 7 heteroatoms. The van der Waals surface area contributed by atoms with Gasteiger partial charge in [-0.15, -0.1) is 0 Å². The highest BCUT2D eigenvalue weighted by Gasteiger charge is 2.16. The summed E-state index contributed by atoms with van der Waals surface area (Å²) in [5.74, 6) is -0.0885. The molecule has 1 atom stereocenters. The van der Waals surface area contributed by atoms with Gasteiger partial charge in [0.2, 0.25) is 0 Å². The van der Waals surface area contributed by atoms with E-state index in [2.05, 4.69) is 10.6 Å². The molecule has 3 N–H and O–H groups in total. The number of carbonyl (C=O) groups excluding carboxylic acids is 1. The van der Waals surface area contributed by atoms with Crippen molar-refractivity contribution < 1.29 is 19.0 Å². The van der Waals surface area contributed by atoms with Gasteiger partial charge in [-0.1, -0.05) is 48.5 Å².